The van der Waals surface area contributed by atoms with Crippen LogP contribution in [0.25, 0.3) is 0 Å². The quantitative estimate of drug-likeness (QED) is 0.836. The number of sulfonamides is 1. The molecule has 1 aromatic heterocycles. The van der Waals surface area contributed by atoms with Crippen molar-refractivity contribution >= 4 is 16.0 Å². The molecule has 0 atom stereocenters. The van der Waals surface area contributed by atoms with Crippen molar-refractivity contribution in [3.8, 4) is 0 Å². The third-order valence-electron chi connectivity index (χ3n) is 3.05. The molecule has 1 aliphatic heterocycles. The fourth-order valence-electron chi connectivity index (χ4n) is 1.72. The van der Waals surface area contributed by atoms with Crippen molar-refractivity contribution in [3.05, 3.63) is 11.9 Å². The molecule has 0 saturated carbocycles. The van der Waals surface area contributed by atoms with Crippen LogP contribution in [0.15, 0.2) is 6.20 Å². The van der Waals surface area contributed by atoms with Crippen molar-refractivity contribution in [1.29, 1.82) is 0 Å². The van der Waals surface area contributed by atoms with E-state index in [0.29, 0.717) is 13.1 Å². The van der Waals surface area contributed by atoms with Crippen molar-refractivity contribution in [1.82, 2.24) is 19.3 Å². The summed E-state index contributed by atoms with van der Waals surface area (Å²) < 4.78 is 26.2. The van der Waals surface area contributed by atoms with Crippen molar-refractivity contribution in [2.75, 3.05) is 13.1 Å². The van der Waals surface area contributed by atoms with Gasteiger partial charge in [0.1, 0.15) is 0 Å². The highest BCUT2D eigenvalue weighted by Gasteiger charge is 2.43. The molecule has 0 unspecified atom stereocenters. The molecule has 9 heteroatoms. The highest BCUT2D eigenvalue weighted by Crippen LogP contribution is 2.29. The van der Waals surface area contributed by atoms with Crippen LogP contribution >= 0.6 is 0 Å². The van der Waals surface area contributed by atoms with Gasteiger partial charge in [0.05, 0.1) is 17.0 Å². The largest absolute Gasteiger partial charge is 0.476 e. The molecule has 0 bridgehead atoms. The Hall–Kier alpha value is -1.48. The van der Waals surface area contributed by atoms with Crippen molar-refractivity contribution in [2.24, 2.45) is 0 Å². The maximum Gasteiger partial charge on any atom is 0.358 e. The Balaban J connectivity index is 2.06. The van der Waals surface area contributed by atoms with Crippen LogP contribution in [0.2, 0.25) is 0 Å². The lowest BCUT2D eigenvalue weighted by atomic mass is 10.2. The van der Waals surface area contributed by atoms with E-state index in [9.17, 15) is 13.2 Å². The zero-order valence-corrected chi connectivity index (χ0v) is 11.8. The first-order chi connectivity index (χ1) is 8.63. The minimum Gasteiger partial charge on any atom is -0.476 e. The van der Waals surface area contributed by atoms with E-state index in [4.69, 9.17) is 5.11 Å². The Morgan fingerprint density at radius 2 is 2.00 bits per heavy atom. The molecule has 0 spiro atoms. The number of carbonyl (C=O) groups is 1. The Morgan fingerprint density at radius 3 is 2.42 bits per heavy atom. The van der Waals surface area contributed by atoms with Gasteiger partial charge in [0.2, 0.25) is 10.0 Å². The molecule has 1 N–H and O–H groups in total. The van der Waals surface area contributed by atoms with E-state index < -0.39 is 20.7 Å². The average molecular weight is 288 g/mol. The molecule has 0 aromatic carbocycles. The van der Waals surface area contributed by atoms with E-state index in [2.05, 4.69) is 10.3 Å². The number of hydrogen-bond acceptors (Lipinski definition) is 5. The first-order valence-electron chi connectivity index (χ1n) is 5.78. The fourth-order valence-corrected chi connectivity index (χ4v) is 3.23. The molecule has 1 saturated heterocycles. The minimum atomic E-state index is -3.33. The van der Waals surface area contributed by atoms with Crippen LogP contribution in [-0.4, -0.2) is 56.6 Å². The summed E-state index contributed by atoms with van der Waals surface area (Å²) in [7, 11) is -3.33. The molecule has 1 aliphatic rings. The van der Waals surface area contributed by atoms with Crippen LogP contribution in [0, 0.1) is 0 Å². The molecule has 19 heavy (non-hydrogen) atoms. The van der Waals surface area contributed by atoms with Crippen LogP contribution in [0.4, 0.5) is 0 Å². The molecule has 0 aliphatic carbocycles. The number of hydrogen-bond donors (Lipinski definition) is 1. The van der Waals surface area contributed by atoms with Crippen molar-refractivity contribution in [2.45, 2.75) is 31.6 Å². The fraction of sp³-hybridized carbons (Fsp3) is 0.700. The lowest BCUT2D eigenvalue weighted by Crippen LogP contribution is -2.55. The number of aromatic nitrogens is 3. The van der Waals surface area contributed by atoms with Gasteiger partial charge in [-0.2, -0.15) is 4.31 Å². The summed E-state index contributed by atoms with van der Waals surface area (Å²) in [5.41, 5.74) is -0.142. The summed E-state index contributed by atoms with van der Waals surface area (Å²) in [4.78, 5) is 10.7. The Labute approximate surface area is 111 Å². The zero-order chi connectivity index (χ0) is 14.4. The lowest BCUT2D eigenvalue weighted by Gasteiger charge is -2.41. The Morgan fingerprint density at radius 1 is 1.42 bits per heavy atom. The number of aromatic carboxylic acids is 1. The number of carboxylic acid groups (broad SMARTS) is 1. The van der Waals surface area contributed by atoms with Gasteiger partial charge in [0.25, 0.3) is 0 Å². The Kier molecular flexibility index (Phi) is 3.13. The first-order valence-corrected chi connectivity index (χ1v) is 7.22. The van der Waals surface area contributed by atoms with Crippen LogP contribution in [0.5, 0.6) is 0 Å². The maximum atomic E-state index is 12.1. The van der Waals surface area contributed by atoms with Gasteiger partial charge in [-0.15, -0.1) is 5.10 Å². The first kappa shape index (κ1) is 13.9. The van der Waals surface area contributed by atoms with Crippen LogP contribution < -0.4 is 0 Å². The SMILES string of the molecule is CC(C)(C)S(=O)(=O)N1CC(n2cc(C(=O)O)nn2)C1. The maximum absolute atomic E-state index is 12.1. The normalized spacial score (nSPS) is 18.3. The smallest absolute Gasteiger partial charge is 0.358 e. The van der Waals surface area contributed by atoms with E-state index in [0.717, 1.165) is 0 Å². The summed E-state index contributed by atoms with van der Waals surface area (Å²) in [6.45, 7) is 5.53. The van der Waals surface area contributed by atoms with Gasteiger partial charge in [-0.05, 0) is 20.8 Å². The van der Waals surface area contributed by atoms with Gasteiger partial charge in [-0.3, -0.25) is 0 Å². The second-order valence-electron chi connectivity index (χ2n) is 5.48. The third kappa shape index (κ3) is 2.35. The molecule has 1 aromatic rings. The predicted octanol–water partition coefficient (Wildman–Crippen LogP) is -0.0387. The van der Waals surface area contributed by atoms with Crippen LogP contribution in [0.3, 0.4) is 0 Å². The van der Waals surface area contributed by atoms with Crippen molar-refractivity contribution in [3.63, 3.8) is 0 Å². The molecular weight excluding hydrogens is 272 g/mol. The second kappa shape index (κ2) is 4.27. The van der Waals surface area contributed by atoms with Crippen LogP contribution in [-0.2, 0) is 10.0 Å². The molecule has 0 radical (unpaired) electrons. The summed E-state index contributed by atoms with van der Waals surface area (Å²) in [5, 5.41) is 15.9. The highest BCUT2D eigenvalue weighted by molar-refractivity contribution is 7.90. The number of carboxylic acids is 1. The van der Waals surface area contributed by atoms with E-state index in [1.165, 1.54) is 15.2 Å². The van der Waals surface area contributed by atoms with E-state index in [1.807, 2.05) is 0 Å². The van der Waals surface area contributed by atoms with Gasteiger partial charge in [-0.25, -0.2) is 17.9 Å². The zero-order valence-electron chi connectivity index (χ0n) is 10.9. The summed E-state index contributed by atoms with van der Waals surface area (Å²) >= 11 is 0. The second-order valence-corrected chi connectivity index (χ2v) is 8.17. The molecule has 2 rings (SSSR count). The molecule has 2 heterocycles. The average Bonchev–Trinajstić information content (AvgIpc) is 2.62. The van der Waals surface area contributed by atoms with Gasteiger partial charge in [0, 0.05) is 13.1 Å². The summed E-state index contributed by atoms with van der Waals surface area (Å²) in [6.07, 6.45) is 1.31. The molecule has 1 fully saturated rings. The number of nitrogens with zero attached hydrogens (tertiary/aromatic N) is 4. The van der Waals surface area contributed by atoms with E-state index >= 15 is 0 Å². The molecular formula is C10H16N4O4S. The highest BCUT2D eigenvalue weighted by atomic mass is 32.2. The van der Waals surface area contributed by atoms with Gasteiger partial charge < -0.3 is 5.11 Å². The van der Waals surface area contributed by atoms with Gasteiger partial charge in [-0.1, -0.05) is 5.21 Å². The molecule has 106 valence electrons. The molecule has 0 amide bonds. The standard InChI is InChI=1S/C10H16N4O4S/c1-10(2,3)19(17,18)13-4-7(5-13)14-6-8(9(15)16)11-12-14/h6-7H,4-5H2,1-3H3,(H,15,16). The van der Waals surface area contributed by atoms with Crippen molar-refractivity contribution < 1.29 is 18.3 Å². The summed E-state index contributed by atoms with van der Waals surface area (Å²) in [6, 6.07) is -0.155. The van der Waals surface area contributed by atoms with Gasteiger partial charge in [0.15, 0.2) is 5.69 Å². The monoisotopic (exact) mass is 288 g/mol. The molecule has 8 nitrogen and oxygen atoms in total. The van der Waals surface area contributed by atoms with E-state index in [-0.39, 0.29) is 11.7 Å². The van der Waals surface area contributed by atoms with E-state index in [1.54, 1.807) is 20.8 Å². The number of rotatable bonds is 3. The minimum absolute atomic E-state index is 0.142. The topological polar surface area (TPSA) is 105 Å². The predicted molar refractivity (Wildman–Crippen MR) is 66.3 cm³/mol. The Bertz CT molecular complexity index is 595. The van der Waals surface area contributed by atoms with Crippen LogP contribution in [0.1, 0.15) is 37.3 Å². The summed E-state index contributed by atoms with van der Waals surface area (Å²) in [5.74, 6) is -1.15. The van der Waals surface area contributed by atoms with Gasteiger partial charge >= 0.3 is 5.97 Å². The lowest BCUT2D eigenvalue weighted by molar-refractivity contribution is 0.0690. The third-order valence-corrected chi connectivity index (χ3v) is 5.57.